The summed E-state index contributed by atoms with van der Waals surface area (Å²) in [6, 6.07) is 0. The Kier molecular flexibility index (Phi) is 55.6. The zero-order chi connectivity index (χ0) is 48.6. The van der Waals surface area contributed by atoms with Crippen LogP contribution >= 0.6 is 0 Å². The van der Waals surface area contributed by atoms with Crippen LogP contribution in [0.25, 0.3) is 0 Å². The molecule has 0 aromatic carbocycles. The molecule has 6 heteroatoms. The van der Waals surface area contributed by atoms with Crippen LogP contribution < -0.4 is 0 Å². The number of hydrogen-bond donors (Lipinski definition) is 0. The topological polar surface area (TPSA) is 78.9 Å². The monoisotopic (exact) mass is 947 g/mol. The predicted octanol–water partition coefficient (Wildman–Crippen LogP) is 20.3. The van der Waals surface area contributed by atoms with Gasteiger partial charge in [0, 0.05) is 19.3 Å². The Morgan fingerprint density at radius 2 is 0.403 bits per heavy atom. The van der Waals surface area contributed by atoms with Crippen molar-refractivity contribution in [1.82, 2.24) is 0 Å². The Hall–Kier alpha value is -1.59. The lowest BCUT2D eigenvalue weighted by molar-refractivity contribution is -0.167. The quantitative estimate of drug-likeness (QED) is 0.0343. The lowest BCUT2D eigenvalue weighted by atomic mass is 10.0. The smallest absolute Gasteiger partial charge is 0.306 e. The van der Waals surface area contributed by atoms with Crippen molar-refractivity contribution in [3.63, 3.8) is 0 Å². The molecule has 0 heterocycles. The Labute approximate surface area is 418 Å². The molecule has 1 unspecified atom stereocenters. The Morgan fingerprint density at radius 1 is 0.239 bits per heavy atom. The van der Waals surface area contributed by atoms with E-state index in [4.69, 9.17) is 14.2 Å². The number of unbranched alkanes of at least 4 members (excludes halogenated alkanes) is 46. The van der Waals surface area contributed by atoms with E-state index in [9.17, 15) is 14.4 Å². The lowest BCUT2D eigenvalue weighted by Crippen LogP contribution is -2.30. The zero-order valence-electron chi connectivity index (χ0n) is 45.7. The molecule has 0 N–H and O–H groups in total. The SMILES string of the molecule is CCCCCCCCCCCCCCCCCCCCCCCCC(=O)OCC(COC(=O)CCCCCCCCCCCCCC)OC(=O)CCCCCCCCCCCCCCCCC. The van der Waals surface area contributed by atoms with E-state index in [0.717, 1.165) is 57.8 Å². The van der Waals surface area contributed by atoms with Gasteiger partial charge in [-0.3, -0.25) is 14.4 Å². The summed E-state index contributed by atoms with van der Waals surface area (Å²) in [6.07, 6.45) is 63.9. The number of hydrogen-bond acceptors (Lipinski definition) is 6. The average molecular weight is 948 g/mol. The van der Waals surface area contributed by atoms with Gasteiger partial charge in [0.05, 0.1) is 0 Å². The van der Waals surface area contributed by atoms with Crippen molar-refractivity contribution in [2.75, 3.05) is 13.2 Å². The van der Waals surface area contributed by atoms with Gasteiger partial charge in [-0.25, -0.2) is 0 Å². The second kappa shape index (κ2) is 57.0. The molecule has 0 spiro atoms. The fourth-order valence-electron chi connectivity index (χ4n) is 9.51. The van der Waals surface area contributed by atoms with Gasteiger partial charge in [-0.1, -0.05) is 316 Å². The van der Waals surface area contributed by atoms with E-state index in [0.29, 0.717) is 19.3 Å². The van der Waals surface area contributed by atoms with Crippen molar-refractivity contribution in [3.8, 4) is 0 Å². The van der Waals surface area contributed by atoms with E-state index in [1.807, 2.05) is 0 Å². The lowest BCUT2D eigenvalue weighted by Gasteiger charge is -2.18. The van der Waals surface area contributed by atoms with Gasteiger partial charge in [0.2, 0.25) is 0 Å². The van der Waals surface area contributed by atoms with Gasteiger partial charge in [-0.2, -0.15) is 0 Å². The molecular weight excluding hydrogens is 829 g/mol. The van der Waals surface area contributed by atoms with Gasteiger partial charge in [0.15, 0.2) is 6.10 Å². The van der Waals surface area contributed by atoms with Gasteiger partial charge < -0.3 is 14.2 Å². The third kappa shape index (κ3) is 55.2. The van der Waals surface area contributed by atoms with Crippen LogP contribution in [0.3, 0.4) is 0 Å². The molecule has 0 fully saturated rings. The summed E-state index contributed by atoms with van der Waals surface area (Å²) in [5.41, 5.74) is 0. The van der Waals surface area contributed by atoms with Crippen LogP contribution in [0.15, 0.2) is 0 Å². The number of carbonyl (C=O) groups excluding carboxylic acids is 3. The summed E-state index contributed by atoms with van der Waals surface area (Å²) >= 11 is 0. The fourth-order valence-corrected chi connectivity index (χ4v) is 9.51. The third-order valence-corrected chi connectivity index (χ3v) is 14.1. The van der Waals surface area contributed by atoms with Crippen LogP contribution in [0, 0.1) is 0 Å². The summed E-state index contributed by atoms with van der Waals surface area (Å²) in [6.45, 7) is 6.71. The van der Waals surface area contributed by atoms with Crippen LogP contribution in [0.2, 0.25) is 0 Å². The molecule has 0 aromatic rings. The average Bonchev–Trinajstić information content (AvgIpc) is 3.33. The normalized spacial score (nSPS) is 11.9. The first-order valence-corrected chi connectivity index (χ1v) is 30.5. The first-order valence-electron chi connectivity index (χ1n) is 30.5. The van der Waals surface area contributed by atoms with Gasteiger partial charge in [0.25, 0.3) is 0 Å². The molecule has 0 amide bonds. The van der Waals surface area contributed by atoms with E-state index in [1.165, 1.54) is 257 Å². The number of rotatable bonds is 57. The molecule has 398 valence electrons. The second-order valence-electron chi connectivity index (χ2n) is 21.0. The van der Waals surface area contributed by atoms with Gasteiger partial charge in [-0.15, -0.1) is 0 Å². The molecule has 0 aromatic heterocycles. The minimum absolute atomic E-state index is 0.0609. The van der Waals surface area contributed by atoms with Crippen molar-refractivity contribution >= 4 is 17.9 Å². The van der Waals surface area contributed by atoms with Crippen LogP contribution in [-0.2, 0) is 28.6 Å². The first kappa shape index (κ1) is 65.4. The zero-order valence-corrected chi connectivity index (χ0v) is 45.7. The highest BCUT2D eigenvalue weighted by molar-refractivity contribution is 5.71. The highest BCUT2D eigenvalue weighted by atomic mass is 16.6. The van der Waals surface area contributed by atoms with Crippen LogP contribution in [0.5, 0.6) is 0 Å². The number of ether oxygens (including phenoxy) is 3. The number of carbonyl (C=O) groups is 3. The van der Waals surface area contributed by atoms with Crippen molar-refractivity contribution in [3.05, 3.63) is 0 Å². The predicted molar refractivity (Wildman–Crippen MR) is 289 cm³/mol. The Bertz CT molecular complexity index is 998. The fraction of sp³-hybridized carbons (Fsp3) is 0.951. The first-order chi connectivity index (χ1) is 33.0. The van der Waals surface area contributed by atoms with Crippen LogP contribution in [-0.4, -0.2) is 37.2 Å². The van der Waals surface area contributed by atoms with Gasteiger partial charge in [-0.05, 0) is 19.3 Å². The molecule has 0 bridgehead atoms. The molecule has 0 aliphatic carbocycles. The molecule has 6 nitrogen and oxygen atoms in total. The highest BCUT2D eigenvalue weighted by Gasteiger charge is 2.19. The third-order valence-electron chi connectivity index (χ3n) is 14.1. The largest absolute Gasteiger partial charge is 0.462 e. The molecular formula is C61H118O6. The summed E-state index contributed by atoms with van der Waals surface area (Å²) in [5, 5.41) is 0. The van der Waals surface area contributed by atoms with Crippen LogP contribution in [0.1, 0.15) is 355 Å². The molecule has 0 radical (unpaired) electrons. The molecule has 0 saturated heterocycles. The molecule has 0 aliphatic rings. The van der Waals surface area contributed by atoms with Crippen molar-refractivity contribution in [1.29, 1.82) is 0 Å². The minimum Gasteiger partial charge on any atom is -0.462 e. The number of esters is 3. The second-order valence-corrected chi connectivity index (χ2v) is 21.0. The Morgan fingerprint density at radius 3 is 0.597 bits per heavy atom. The summed E-state index contributed by atoms with van der Waals surface area (Å²) in [4.78, 5) is 38.2. The summed E-state index contributed by atoms with van der Waals surface area (Å²) < 4.78 is 16.9. The van der Waals surface area contributed by atoms with Crippen LogP contribution in [0.4, 0.5) is 0 Å². The van der Waals surface area contributed by atoms with E-state index < -0.39 is 6.10 Å². The highest BCUT2D eigenvalue weighted by Crippen LogP contribution is 2.18. The van der Waals surface area contributed by atoms with Crippen molar-refractivity contribution in [2.24, 2.45) is 0 Å². The minimum atomic E-state index is -0.761. The molecule has 0 saturated carbocycles. The maximum absolute atomic E-state index is 12.8. The maximum atomic E-state index is 12.8. The van der Waals surface area contributed by atoms with E-state index >= 15 is 0 Å². The standard InChI is InChI=1S/C61H118O6/c1-4-7-10-13-16-19-22-25-27-28-29-30-31-32-33-35-36-39-42-45-48-51-54-60(63)66-57-58(56-65-59(62)53-50-47-44-41-38-24-21-18-15-12-9-6-3)67-61(64)55-52-49-46-43-40-37-34-26-23-20-17-14-11-8-5-2/h58H,4-57H2,1-3H3. The van der Waals surface area contributed by atoms with Crippen molar-refractivity contribution in [2.45, 2.75) is 361 Å². The molecule has 67 heavy (non-hydrogen) atoms. The van der Waals surface area contributed by atoms with Gasteiger partial charge in [0.1, 0.15) is 13.2 Å². The molecule has 1 atom stereocenters. The van der Waals surface area contributed by atoms with Gasteiger partial charge >= 0.3 is 17.9 Å². The molecule has 0 aliphatic heterocycles. The van der Waals surface area contributed by atoms with Crippen molar-refractivity contribution < 1.29 is 28.6 Å². The van der Waals surface area contributed by atoms with E-state index in [1.54, 1.807) is 0 Å². The summed E-state index contributed by atoms with van der Waals surface area (Å²) in [7, 11) is 0. The Balaban J connectivity index is 4.21. The summed E-state index contributed by atoms with van der Waals surface area (Å²) in [5.74, 6) is -0.830. The van der Waals surface area contributed by atoms with E-state index in [-0.39, 0.29) is 31.1 Å². The molecule has 0 rings (SSSR count). The van der Waals surface area contributed by atoms with E-state index in [2.05, 4.69) is 20.8 Å². The maximum Gasteiger partial charge on any atom is 0.306 e.